The first-order valence-electron chi connectivity index (χ1n) is 6.54. The van der Waals surface area contributed by atoms with Crippen molar-refractivity contribution in [2.24, 2.45) is 0 Å². The van der Waals surface area contributed by atoms with Crippen LogP contribution in [0.1, 0.15) is 11.3 Å². The maximum atomic E-state index is 9.39. The molecule has 1 N–H and O–H groups in total. The summed E-state index contributed by atoms with van der Waals surface area (Å²) >= 11 is 0. The number of rotatable bonds is 2. The third kappa shape index (κ3) is 2.28. The van der Waals surface area contributed by atoms with Crippen molar-refractivity contribution < 1.29 is 0 Å². The highest BCUT2D eigenvalue weighted by Crippen LogP contribution is 2.27. The molecule has 0 amide bonds. The molecule has 102 valence electrons. The molecule has 0 unspecified atom stereocenters. The van der Waals surface area contributed by atoms with E-state index >= 15 is 0 Å². The topological polar surface area (TPSA) is 74.5 Å². The van der Waals surface area contributed by atoms with E-state index in [0.717, 1.165) is 27.7 Å². The molecule has 0 atom stereocenters. The Hall–Kier alpha value is -3.00. The van der Waals surface area contributed by atoms with Crippen LogP contribution in [0.2, 0.25) is 0 Å². The number of nitriles is 1. The van der Waals surface area contributed by atoms with Gasteiger partial charge in [-0.25, -0.2) is 15.0 Å². The standard InChI is InChI=1S/C16H13N5/c1-10-9-19-16(18-2)21-15(10)12-7-11-5-3-4-6-13(11)20-14(12)8-17/h3-7,9H,1-2H3,(H,18,19,21). The van der Waals surface area contributed by atoms with E-state index in [2.05, 4.69) is 26.3 Å². The van der Waals surface area contributed by atoms with Crippen LogP contribution in [0.15, 0.2) is 36.5 Å². The number of anilines is 1. The van der Waals surface area contributed by atoms with Crippen molar-refractivity contribution in [1.82, 2.24) is 15.0 Å². The summed E-state index contributed by atoms with van der Waals surface area (Å²) in [4.78, 5) is 13.1. The molecule has 2 aromatic heterocycles. The van der Waals surface area contributed by atoms with E-state index < -0.39 is 0 Å². The van der Waals surface area contributed by atoms with E-state index in [1.807, 2.05) is 37.3 Å². The molecule has 2 heterocycles. The van der Waals surface area contributed by atoms with Gasteiger partial charge in [-0.2, -0.15) is 5.26 Å². The summed E-state index contributed by atoms with van der Waals surface area (Å²) in [6.07, 6.45) is 1.74. The molecule has 0 radical (unpaired) electrons. The highest BCUT2D eigenvalue weighted by Gasteiger charge is 2.13. The average molecular weight is 275 g/mol. The van der Waals surface area contributed by atoms with Gasteiger partial charge in [0.05, 0.1) is 11.2 Å². The number of benzene rings is 1. The first-order valence-corrected chi connectivity index (χ1v) is 6.54. The highest BCUT2D eigenvalue weighted by molar-refractivity contribution is 5.85. The van der Waals surface area contributed by atoms with Crippen LogP contribution in [0.3, 0.4) is 0 Å². The molecule has 0 bridgehead atoms. The monoisotopic (exact) mass is 275 g/mol. The lowest BCUT2D eigenvalue weighted by atomic mass is 10.0. The van der Waals surface area contributed by atoms with E-state index in [1.165, 1.54) is 0 Å². The lowest BCUT2D eigenvalue weighted by Gasteiger charge is -2.09. The Labute approximate surface area is 122 Å². The summed E-state index contributed by atoms with van der Waals surface area (Å²) in [5, 5.41) is 13.3. The number of aromatic nitrogens is 3. The zero-order chi connectivity index (χ0) is 14.8. The Morgan fingerprint density at radius 2 is 2.00 bits per heavy atom. The zero-order valence-corrected chi connectivity index (χ0v) is 11.8. The van der Waals surface area contributed by atoms with Gasteiger partial charge in [-0.3, -0.25) is 0 Å². The van der Waals surface area contributed by atoms with Gasteiger partial charge in [0.25, 0.3) is 0 Å². The lowest BCUT2D eigenvalue weighted by molar-refractivity contribution is 1.12. The van der Waals surface area contributed by atoms with E-state index in [9.17, 15) is 5.26 Å². The number of fused-ring (bicyclic) bond motifs is 1. The van der Waals surface area contributed by atoms with Gasteiger partial charge in [0.1, 0.15) is 6.07 Å². The molecule has 0 saturated carbocycles. The predicted octanol–water partition coefficient (Wildman–Crippen LogP) is 2.91. The van der Waals surface area contributed by atoms with Crippen molar-refractivity contribution in [3.8, 4) is 17.3 Å². The van der Waals surface area contributed by atoms with Crippen LogP contribution in [-0.2, 0) is 0 Å². The summed E-state index contributed by atoms with van der Waals surface area (Å²) in [6.45, 7) is 1.92. The van der Waals surface area contributed by atoms with Crippen molar-refractivity contribution in [1.29, 1.82) is 5.26 Å². The van der Waals surface area contributed by atoms with Crippen molar-refractivity contribution in [2.75, 3.05) is 12.4 Å². The molecule has 1 aromatic carbocycles. The van der Waals surface area contributed by atoms with Gasteiger partial charge in [-0.1, -0.05) is 18.2 Å². The van der Waals surface area contributed by atoms with Crippen molar-refractivity contribution in [2.45, 2.75) is 6.92 Å². The Morgan fingerprint density at radius 1 is 1.19 bits per heavy atom. The largest absolute Gasteiger partial charge is 0.357 e. The van der Waals surface area contributed by atoms with Gasteiger partial charge < -0.3 is 5.32 Å². The number of hydrogen-bond donors (Lipinski definition) is 1. The molecule has 0 fully saturated rings. The summed E-state index contributed by atoms with van der Waals surface area (Å²) in [5.74, 6) is 0.521. The fraction of sp³-hybridized carbons (Fsp3) is 0.125. The van der Waals surface area contributed by atoms with E-state index in [4.69, 9.17) is 0 Å². The highest BCUT2D eigenvalue weighted by atomic mass is 15.1. The van der Waals surface area contributed by atoms with Gasteiger partial charge >= 0.3 is 0 Å². The first-order chi connectivity index (χ1) is 10.2. The van der Waals surface area contributed by atoms with Crippen LogP contribution < -0.4 is 5.32 Å². The molecule has 21 heavy (non-hydrogen) atoms. The van der Waals surface area contributed by atoms with E-state index in [1.54, 1.807) is 13.2 Å². The fourth-order valence-corrected chi connectivity index (χ4v) is 2.22. The second kappa shape index (κ2) is 5.17. The van der Waals surface area contributed by atoms with Crippen LogP contribution in [0.5, 0.6) is 0 Å². The Morgan fingerprint density at radius 3 is 2.76 bits per heavy atom. The minimum atomic E-state index is 0.373. The first kappa shape index (κ1) is 13.0. The maximum Gasteiger partial charge on any atom is 0.222 e. The lowest BCUT2D eigenvalue weighted by Crippen LogP contribution is -2.01. The number of aryl methyl sites for hydroxylation is 1. The van der Waals surface area contributed by atoms with Crippen molar-refractivity contribution >= 4 is 16.9 Å². The number of pyridine rings is 1. The minimum Gasteiger partial charge on any atom is -0.357 e. The number of hydrogen-bond acceptors (Lipinski definition) is 5. The molecule has 0 aliphatic carbocycles. The number of nitrogens with zero attached hydrogens (tertiary/aromatic N) is 4. The third-order valence-electron chi connectivity index (χ3n) is 3.28. The molecular formula is C16H13N5. The smallest absolute Gasteiger partial charge is 0.222 e. The molecule has 3 aromatic rings. The molecule has 0 aliphatic heterocycles. The number of nitrogens with one attached hydrogen (secondary N) is 1. The second-order valence-corrected chi connectivity index (χ2v) is 4.66. The molecule has 5 nitrogen and oxygen atoms in total. The second-order valence-electron chi connectivity index (χ2n) is 4.66. The van der Waals surface area contributed by atoms with Gasteiger partial charge in [0.2, 0.25) is 5.95 Å². The quantitative estimate of drug-likeness (QED) is 0.778. The van der Waals surface area contributed by atoms with Crippen LogP contribution in [-0.4, -0.2) is 22.0 Å². The Balaban J connectivity index is 2.31. The molecule has 3 rings (SSSR count). The van der Waals surface area contributed by atoms with Crippen LogP contribution in [0.25, 0.3) is 22.2 Å². The Kier molecular flexibility index (Phi) is 3.20. The van der Waals surface area contributed by atoms with Gasteiger partial charge in [-0.15, -0.1) is 0 Å². The van der Waals surface area contributed by atoms with Gasteiger partial charge in [-0.05, 0) is 24.6 Å². The van der Waals surface area contributed by atoms with E-state index in [-0.39, 0.29) is 0 Å². The van der Waals surface area contributed by atoms with Crippen LogP contribution in [0, 0.1) is 18.3 Å². The van der Waals surface area contributed by atoms with Crippen molar-refractivity contribution in [3.63, 3.8) is 0 Å². The molecule has 5 heteroatoms. The molecule has 0 saturated heterocycles. The van der Waals surface area contributed by atoms with E-state index in [0.29, 0.717) is 11.6 Å². The minimum absolute atomic E-state index is 0.373. The zero-order valence-electron chi connectivity index (χ0n) is 11.8. The maximum absolute atomic E-state index is 9.39. The summed E-state index contributed by atoms with van der Waals surface area (Å²) < 4.78 is 0. The van der Waals surface area contributed by atoms with Gasteiger partial charge in [0, 0.05) is 24.2 Å². The normalized spacial score (nSPS) is 10.3. The molecular weight excluding hydrogens is 262 g/mol. The summed E-state index contributed by atoms with van der Waals surface area (Å²) in [5.41, 5.74) is 3.54. The van der Waals surface area contributed by atoms with Crippen molar-refractivity contribution in [3.05, 3.63) is 47.8 Å². The summed E-state index contributed by atoms with van der Waals surface area (Å²) in [6, 6.07) is 11.8. The number of para-hydroxylation sites is 1. The average Bonchev–Trinajstić information content (AvgIpc) is 2.54. The Bertz CT molecular complexity index is 864. The molecule has 0 aliphatic rings. The fourth-order valence-electron chi connectivity index (χ4n) is 2.22. The van der Waals surface area contributed by atoms with Gasteiger partial charge in [0.15, 0.2) is 5.69 Å². The third-order valence-corrected chi connectivity index (χ3v) is 3.28. The molecule has 0 spiro atoms. The van der Waals surface area contributed by atoms with Crippen LogP contribution in [0.4, 0.5) is 5.95 Å². The summed E-state index contributed by atoms with van der Waals surface area (Å²) in [7, 11) is 1.76. The predicted molar refractivity (Wildman–Crippen MR) is 81.8 cm³/mol. The van der Waals surface area contributed by atoms with Crippen LogP contribution >= 0.6 is 0 Å². The SMILES string of the molecule is CNc1ncc(C)c(-c2cc3ccccc3nc2C#N)n1.